The second-order valence-electron chi connectivity index (χ2n) is 3.05. The fourth-order valence-electron chi connectivity index (χ4n) is 1.32. The Kier molecular flexibility index (Phi) is 3.74. The van der Waals surface area contributed by atoms with Crippen molar-refractivity contribution in [2.45, 2.75) is 18.7 Å². The molecule has 1 aliphatic carbocycles. The number of hydrogen-bond donors (Lipinski definition) is 2. The summed E-state index contributed by atoms with van der Waals surface area (Å²) in [5.74, 6) is -1.05. The van der Waals surface area contributed by atoms with Gasteiger partial charge < -0.3 is 9.84 Å². The van der Waals surface area contributed by atoms with E-state index >= 15 is 0 Å². The van der Waals surface area contributed by atoms with Gasteiger partial charge in [0.15, 0.2) is 0 Å². The number of ether oxygens (including phenoxy) is 1. The third-order valence-electron chi connectivity index (χ3n) is 2.10. The van der Waals surface area contributed by atoms with Crippen LogP contribution in [0.2, 0.25) is 0 Å². The molecule has 0 aromatic heterocycles. The monoisotopic (exact) mass is 231 g/mol. The molecule has 1 rings (SSSR count). The highest BCUT2D eigenvalue weighted by molar-refractivity contribution is 7.40. The number of aliphatic carboxylic acids is 1. The van der Waals surface area contributed by atoms with E-state index in [1.807, 2.05) is 0 Å². The van der Waals surface area contributed by atoms with Gasteiger partial charge in [0.2, 0.25) is 0 Å². The summed E-state index contributed by atoms with van der Waals surface area (Å²) in [6.07, 6.45) is 4.13. The normalized spacial score (nSPS) is 26.0. The molecular formula is C9H12O5P+. The van der Waals surface area contributed by atoms with Gasteiger partial charge in [0.1, 0.15) is 0 Å². The smallest absolute Gasteiger partial charge is 0.478 e. The maximum Gasteiger partial charge on any atom is 0.546 e. The molecule has 0 heterocycles. The lowest BCUT2D eigenvalue weighted by atomic mass is 10.0. The summed E-state index contributed by atoms with van der Waals surface area (Å²) in [5, 5.41) is 7.42. The highest BCUT2D eigenvalue weighted by atomic mass is 31.1. The summed E-state index contributed by atoms with van der Waals surface area (Å²) in [7, 11) is -2.54. The van der Waals surface area contributed by atoms with Crippen molar-refractivity contribution in [2.75, 3.05) is 6.61 Å². The molecule has 2 unspecified atom stereocenters. The number of carbonyl (C=O) groups is 1. The molecule has 0 saturated carbocycles. The molecule has 0 fully saturated rings. The highest BCUT2D eigenvalue weighted by Gasteiger charge is 2.48. The Labute approximate surface area is 87.9 Å². The van der Waals surface area contributed by atoms with Crippen molar-refractivity contribution in [3.8, 4) is 0 Å². The first-order chi connectivity index (χ1) is 7.02. The summed E-state index contributed by atoms with van der Waals surface area (Å²) in [6.45, 7) is 2.01. The van der Waals surface area contributed by atoms with E-state index in [-0.39, 0.29) is 12.0 Å². The zero-order chi connectivity index (χ0) is 11.5. The Morgan fingerprint density at radius 1 is 1.73 bits per heavy atom. The van der Waals surface area contributed by atoms with E-state index in [9.17, 15) is 9.36 Å². The fraction of sp³-hybridized carbons (Fsp3) is 0.444. The predicted molar refractivity (Wildman–Crippen MR) is 53.7 cm³/mol. The summed E-state index contributed by atoms with van der Waals surface area (Å²) >= 11 is 0. The molecule has 0 spiro atoms. The lowest BCUT2D eigenvalue weighted by molar-refractivity contribution is -0.132. The van der Waals surface area contributed by atoms with Crippen molar-refractivity contribution in [1.29, 1.82) is 0 Å². The molecule has 82 valence electrons. The molecule has 2 N–H and O–H groups in total. The average Bonchev–Trinajstić information content (AvgIpc) is 2.18. The fourth-order valence-corrected chi connectivity index (χ4v) is 2.01. The third kappa shape index (κ3) is 2.50. The van der Waals surface area contributed by atoms with E-state index in [4.69, 9.17) is 14.7 Å². The van der Waals surface area contributed by atoms with Crippen LogP contribution in [0.25, 0.3) is 0 Å². The quantitative estimate of drug-likeness (QED) is 0.715. The van der Waals surface area contributed by atoms with Crippen LogP contribution < -0.4 is 0 Å². The zero-order valence-corrected chi connectivity index (χ0v) is 9.11. The summed E-state index contributed by atoms with van der Waals surface area (Å²) in [6, 6.07) is 0. The second-order valence-corrected chi connectivity index (χ2v) is 4.36. The van der Waals surface area contributed by atoms with Crippen molar-refractivity contribution >= 4 is 14.0 Å². The molecule has 0 saturated heterocycles. The van der Waals surface area contributed by atoms with Gasteiger partial charge in [-0.3, -0.25) is 0 Å². The summed E-state index contributed by atoms with van der Waals surface area (Å²) < 4.78 is 16.3. The average molecular weight is 231 g/mol. The van der Waals surface area contributed by atoms with Gasteiger partial charge in [-0.15, -0.1) is 0 Å². The maximum absolute atomic E-state index is 11.1. The first-order valence-electron chi connectivity index (χ1n) is 4.44. The van der Waals surface area contributed by atoms with Gasteiger partial charge in [0.05, 0.1) is 5.57 Å². The molecule has 5 nitrogen and oxygen atoms in total. The molecule has 0 aromatic carbocycles. The lowest BCUT2D eigenvalue weighted by Crippen LogP contribution is -2.27. The summed E-state index contributed by atoms with van der Waals surface area (Å²) in [5.41, 5.74) is 0.113. The number of rotatable bonds is 4. The third-order valence-corrected chi connectivity index (χ3v) is 3.21. The Morgan fingerprint density at radius 2 is 2.40 bits per heavy atom. The molecule has 0 radical (unpaired) electrons. The summed E-state index contributed by atoms with van der Waals surface area (Å²) in [4.78, 5) is 19.7. The van der Waals surface area contributed by atoms with Crippen LogP contribution in [0.5, 0.6) is 0 Å². The SMILES string of the molecule is CCOC1([P+](=O)O)C=CC(C(=O)O)=CC1. The van der Waals surface area contributed by atoms with Crippen molar-refractivity contribution in [3.05, 3.63) is 23.8 Å². The topological polar surface area (TPSA) is 83.8 Å². The largest absolute Gasteiger partial charge is 0.546 e. The van der Waals surface area contributed by atoms with Crippen molar-refractivity contribution in [1.82, 2.24) is 0 Å². The minimum atomic E-state index is -2.54. The van der Waals surface area contributed by atoms with Crippen LogP contribution >= 0.6 is 8.03 Å². The second kappa shape index (κ2) is 4.66. The van der Waals surface area contributed by atoms with Crippen LogP contribution in [0, 0.1) is 0 Å². The van der Waals surface area contributed by atoms with Crippen LogP contribution in [0.1, 0.15) is 13.3 Å². The van der Waals surface area contributed by atoms with Gasteiger partial charge in [-0.1, -0.05) is 6.08 Å². The Bertz CT molecular complexity index is 346. The van der Waals surface area contributed by atoms with Gasteiger partial charge >= 0.3 is 19.3 Å². The molecule has 6 heteroatoms. The molecule has 0 aromatic rings. The molecule has 0 aliphatic heterocycles. The molecule has 0 amide bonds. The molecule has 0 bridgehead atoms. The van der Waals surface area contributed by atoms with Crippen LogP contribution in [0.3, 0.4) is 0 Å². The van der Waals surface area contributed by atoms with Crippen LogP contribution in [0.15, 0.2) is 23.8 Å². The van der Waals surface area contributed by atoms with E-state index in [2.05, 4.69) is 0 Å². The van der Waals surface area contributed by atoms with Crippen LogP contribution in [-0.4, -0.2) is 27.9 Å². The van der Waals surface area contributed by atoms with Gasteiger partial charge in [-0.25, -0.2) is 4.79 Å². The van der Waals surface area contributed by atoms with Gasteiger partial charge in [0.25, 0.3) is 0 Å². The van der Waals surface area contributed by atoms with E-state index in [0.29, 0.717) is 6.61 Å². The van der Waals surface area contributed by atoms with Gasteiger partial charge in [-0.2, -0.15) is 4.89 Å². The minimum Gasteiger partial charge on any atom is -0.478 e. The van der Waals surface area contributed by atoms with Crippen molar-refractivity contribution < 1.29 is 24.1 Å². The van der Waals surface area contributed by atoms with Crippen molar-refractivity contribution in [2.24, 2.45) is 0 Å². The lowest BCUT2D eigenvalue weighted by Gasteiger charge is -2.18. The standard InChI is InChI=1S/C9H11O5P/c1-2-14-9(15(12)13)5-3-7(4-6-9)8(10)11/h3-5H,2,6H2,1H3,(H-,10,11,12,13)/p+1. The van der Waals surface area contributed by atoms with Gasteiger partial charge in [-0.05, 0) is 17.6 Å². The molecular weight excluding hydrogens is 219 g/mol. The Morgan fingerprint density at radius 3 is 2.73 bits per heavy atom. The molecule has 1 aliphatic rings. The van der Waals surface area contributed by atoms with E-state index < -0.39 is 19.3 Å². The Balaban J connectivity index is 2.89. The maximum atomic E-state index is 11.1. The minimum absolute atomic E-state index is 0.102. The number of carboxylic acids is 1. The van der Waals surface area contributed by atoms with Crippen LogP contribution in [-0.2, 0) is 14.1 Å². The predicted octanol–water partition coefficient (Wildman–Crippen LogP) is 1.42. The molecule has 15 heavy (non-hydrogen) atoms. The van der Waals surface area contributed by atoms with E-state index in [1.165, 1.54) is 18.2 Å². The Hall–Kier alpha value is -1.03. The first kappa shape index (κ1) is 12.0. The molecule has 2 atom stereocenters. The number of carboxylic acid groups (broad SMARTS) is 1. The first-order valence-corrected chi connectivity index (χ1v) is 5.66. The zero-order valence-electron chi connectivity index (χ0n) is 8.21. The van der Waals surface area contributed by atoms with E-state index in [0.717, 1.165) is 0 Å². The van der Waals surface area contributed by atoms with Crippen LogP contribution in [0.4, 0.5) is 0 Å². The van der Waals surface area contributed by atoms with Gasteiger partial charge in [0, 0.05) is 19.1 Å². The number of hydrogen-bond acceptors (Lipinski definition) is 3. The van der Waals surface area contributed by atoms with Crippen molar-refractivity contribution in [3.63, 3.8) is 0 Å². The highest BCUT2D eigenvalue weighted by Crippen LogP contribution is 2.43. The van der Waals surface area contributed by atoms with E-state index in [1.54, 1.807) is 6.92 Å².